The number of aliphatic hydroxyl groups excluding tert-OH is 1. The molecule has 0 radical (unpaired) electrons. The summed E-state index contributed by atoms with van der Waals surface area (Å²) in [5, 5.41) is 11.8. The summed E-state index contributed by atoms with van der Waals surface area (Å²) in [7, 11) is 1.53. The zero-order valence-corrected chi connectivity index (χ0v) is 24.3. The third-order valence-electron chi connectivity index (χ3n) is 8.90. The molecule has 1 saturated heterocycles. The van der Waals surface area contributed by atoms with Gasteiger partial charge in [-0.2, -0.15) is 26.3 Å². The predicted molar refractivity (Wildman–Crippen MR) is 155 cm³/mol. The molecule has 0 aromatic heterocycles. The van der Waals surface area contributed by atoms with Gasteiger partial charge in [-0.25, -0.2) is 4.79 Å². The Morgan fingerprint density at radius 3 is 2.07 bits per heavy atom. The van der Waals surface area contributed by atoms with Crippen molar-refractivity contribution in [1.29, 1.82) is 0 Å². The van der Waals surface area contributed by atoms with Gasteiger partial charge in [-0.1, -0.05) is 30.3 Å². The number of carbonyl (C=O) groups excluding carboxylic acids is 1. The summed E-state index contributed by atoms with van der Waals surface area (Å²) >= 11 is 0. The van der Waals surface area contributed by atoms with Gasteiger partial charge in [0.05, 0.1) is 37.4 Å². The summed E-state index contributed by atoms with van der Waals surface area (Å²) in [5.74, 6) is 0.558. The van der Waals surface area contributed by atoms with Gasteiger partial charge in [0.1, 0.15) is 11.9 Å². The molecule has 1 N–H and O–H groups in total. The van der Waals surface area contributed by atoms with E-state index >= 15 is 0 Å². The predicted octanol–water partition coefficient (Wildman–Crippen LogP) is 8.66. The highest BCUT2D eigenvalue weighted by molar-refractivity contribution is 5.90. The summed E-state index contributed by atoms with van der Waals surface area (Å²) in [6.07, 6.45) is -10.6. The lowest BCUT2D eigenvalue weighted by atomic mass is 9.89. The van der Waals surface area contributed by atoms with Crippen molar-refractivity contribution in [2.24, 2.45) is 0 Å². The van der Waals surface area contributed by atoms with Crippen LogP contribution < -0.4 is 4.74 Å². The number of rotatable bonds is 7. The topological polar surface area (TPSA) is 59.0 Å². The summed E-state index contributed by atoms with van der Waals surface area (Å²) < 4.78 is 92.6. The Balaban J connectivity index is 1.42. The number of hydrogen-bond donors (Lipinski definition) is 1. The van der Waals surface area contributed by atoms with Crippen LogP contribution in [0.5, 0.6) is 5.75 Å². The smallest absolute Gasteiger partial charge is 0.416 e. The number of hydrogen-bond acceptors (Lipinski definition) is 4. The second-order valence-corrected chi connectivity index (χ2v) is 11.7. The van der Waals surface area contributed by atoms with Crippen LogP contribution in [-0.4, -0.2) is 35.9 Å². The summed E-state index contributed by atoms with van der Waals surface area (Å²) in [6, 6.07) is 17.5. The van der Waals surface area contributed by atoms with E-state index in [1.54, 1.807) is 0 Å². The van der Waals surface area contributed by atoms with Crippen LogP contribution in [0.2, 0.25) is 0 Å². The van der Waals surface area contributed by atoms with Gasteiger partial charge in [-0.3, -0.25) is 4.90 Å². The highest BCUT2D eigenvalue weighted by Gasteiger charge is 2.45. The molecule has 0 unspecified atom stereocenters. The highest BCUT2D eigenvalue weighted by atomic mass is 19.4. The summed E-state index contributed by atoms with van der Waals surface area (Å²) in [4.78, 5) is 14.5. The SMILES string of the molecule is COc1ccc(C2(CO)CC2)cc1-c1cc2ccccc2cc1CN1C(=O)O[C@H](c2cc(C(F)(F)F)cc(C(F)(F)F)c2)[C@@H]1C. The molecule has 5 nitrogen and oxygen atoms in total. The van der Waals surface area contributed by atoms with Gasteiger partial charge in [-0.15, -0.1) is 0 Å². The van der Waals surface area contributed by atoms with Crippen LogP contribution in [0.3, 0.4) is 0 Å². The second-order valence-electron chi connectivity index (χ2n) is 11.7. The Hall–Kier alpha value is -4.25. The molecule has 4 aromatic carbocycles. The average molecular weight is 630 g/mol. The molecule has 2 aliphatic rings. The second kappa shape index (κ2) is 11.0. The number of benzene rings is 4. The van der Waals surface area contributed by atoms with Crippen molar-refractivity contribution >= 4 is 16.9 Å². The number of cyclic esters (lactones) is 1. The maximum atomic E-state index is 13.6. The molecule has 11 heteroatoms. The minimum absolute atomic E-state index is 0.00649. The van der Waals surface area contributed by atoms with Crippen LogP contribution in [0.25, 0.3) is 21.9 Å². The van der Waals surface area contributed by atoms with Gasteiger partial charge in [-0.05, 0) is 95.3 Å². The van der Waals surface area contributed by atoms with Gasteiger partial charge >= 0.3 is 18.4 Å². The molecule has 1 heterocycles. The maximum Gasteiger partial charge on any atom is 0.416 e. The zero-order chi connectivity index (χ0) is 32.3. The largest absolute Gasteiger partial charge is 0.496 e. The molecule has 1 saturated carbocycles. The normalized spacial score (nSPS) is 19.6. The molecule has 0 spiro atoms. The maximum absolute atomic E-state index is 13.6. The molecule has 1 aliphatic heterocycles. The fraction of sp³-hybridized carbons (Fsp3) is 0.324. The first-order chi connectivity index (χ1) is 21.2. The van der Waals surface area contributed by atoms with Crippen LogP contribution in [0.1, 0.15) is 53.7 Å². The Bertz CT molecular complexity index is 1750. The van der Waals surface area contributed by atoms with Gasteiger partial charge in [0.25, 0.3) is 0 Å². The fourth-order valence-electron chi connectivity index (χ4n) is 6.09. The van der Waals surface area contributed by atoms with E-state index in [1.807, 2.05) is 54.6 Å². The first-order valence-corrected chi connectivity index (χ1v) is 14.3. The molecular weight excluding hydrogens is 600 g/mol. The minimum Gasteiger partial charge on any atom is -0.496 e. The first-order valence-electron chi connectivity index (χ1n) is 14.3. The first kappa shape index (κ1) is 30.8. The number of halogens is 6. The van der Waals surface area contributed by atoms with Crippen molar-refractivity contribution in [3.8, 4) is 16.9 Å². The van der Waals surface area contributed by atoms with Crippen molar-refractivity contribution in [3.63, 3.8) is 0 Å². The quantitative estimate of drug-likeness (QED) is 0.208. The van der Waals surface area contributed by atoms with Gasteiger partial charge in [0, 0.05) is 11.0 Å². The number of nitrogens with zero attached hydrogens (tertiary/aromatic N) is 1. The monoisotopic (exact) mass is 629 g/mol. The molecular formula is C34H29F6NO4. The number of aliphatic hydroxyl groups is 1. The summed E-state index contributed by atoms with van der Waals surface area (Å²) in [6.45, 7) is 1.48. The van der Waals surface area contributed by atoms with Crippen LogP contribution in [0, 0.1) is 0 Å². The number of ether oxygens (including phenoxy) is 2. The number of amides is 1. The molecule has 4 aromatic rings. The number of alkyl halides is 6. The van der Waals surface area contributed by atoms with Crippen LogP contribution >= 0.6 is 0 Å². The van der Waals surface area contributed by atoms with Crippen LogP contribution in [0.15, 0.2) is 72.8 Å². The van der Waals surface area contributed by atoms with E-state index in [0.717, 1.165) is 40.3 Å². The van der Waals surface area contributed by atoms with Crippen LogP contribution in [-0.2, 0) is 29.0 Å². The van der Waals surface area contributed by atoms with E-state index in [-0.39, 0.29) is 24.6 Å². The molecule has 1 amide bonds. The lowest BCUT2D eigenvalue weighted by Gasteiger charge is -2.24. The van der Waals surface area contributed by atoms with Gasteiger partial charge < -0.3 is 14.6 Å². The molecule has 2 atom stereocenters. The number of fused-ring (bicyclic) bond motifs is 1. The molecule has 0 bridgehead atoms. The third kappa shape index (κ3) is 5.69. The van der Waals surface area contributed by atoms with Crippen LogP contribution in [0.4, 0.5) is 31.1 Å². The molecule has 2 fully saturated rings. The van der Waals surface area contributed by atoms with Gasteiger partial charge in [0.15, 0.2) is 0 Å². The molecule has 45 heavy (non-hydrogen) atoms. The Morgan fingerprint density at radius 1 is 0.889 bits per heavy atom. The number of carbonyl (C=O) groups is 1. The van der Waals surface area contributed by atoms with E-state index in [0.29, 0.717) is 23.4 Å². The van der Waals surface area contributed by atoms with Crippen molar-refractivity contribution < 1.29 is 45.7 Å². The van der Waals surface area contributed by atoms with Crippen molar-refractivity contribution in [1.82, 2.24) is 4.90 Å². The Kier molecular flexibility index (Phi) is 7.50. The highest BCUT2D eigenvalue weighted by Crippen LogP contribution is 2.50. The lowest BCUT2D eigenvalue weighted by Crippen LogP contribution is -2.31. The Morgan fingerprint density at radius 2 is 1.51 bits per heavy atom. The Labute approximate surface area is 255 Å². The summed E-state index contributed by atoms with van der Waals surface area (Å²) in [5.41, 5.74) is -0.626. The number of methoxy groups -OCH3 is 1. The van der Waals surface area contributed by atoms with E-state index in [1.165, 1.54) is 18.9 Å². The van der Waals surface area contributed by atoms with Crippen molar-refractivity contribution in [2.45, 2.75) is 56.2 Å². The fourth-order valence-corrected chi connectivity index (χ4v) is 6.09. The average Bonchev–Trinajstić information content (AvgIpc) is 3.76. The standard InChI is InChI=1S/C34H29F6NO4/c1-19-30(22-12-25(33(35,36)37)15-26(13-22)34(38,39)40)45-31(43)41(19)17-23-11-20-5-3-4-6-21(20)14-27(23)28-16-24(7-8-29(28)44-2)32(18-42)9-10-32/h3-8,11-16,19,30,42H,9-10,17-18H2,1-2H3/t19-,30-/m0/s1. The molecule has 1 aliphatic carbocycles. The van der Waals surface area contributed by atoms with E-state index < -0.39 is 47.3 Å². The third-order valence-corrected chi connectivity index (χ3v) is 8.90. The van der Waals surface area contributed by atoms with Crippen molar-refractivity contribution in [2.75, 3.05) is 13.7 Å². The van der Waals surface area contributed by atoms with Crippen molar-refractivity contribution in [3.05, 3.63) is 101 Å². The lowest BCUT2D eigenvalue weighted by molar-refractivity contribution is -0.143. The zero-order valence-electron chi connectivity index (χ0n) is 24.3. The van der Waals surface area contributed by atoms with E-state index in [2.05, 4.69) is 0 Å². The molecule has 6 rings (SSSR count). The van der Waals surface area contributed by atoms with E-state index in [4.69, 9.17) is 9.47 Å². The molecule has 236 valence electrons. The van der Waals surface area contributed by atoms with E-state index in [9.17, 15) is 36.2 Å². The van der Waals surface area contributed by atoms with Gasteiger partial charge in [0.2, 0.25) is 0 Å². The minimum atomic E-state index is -5.04.